The minimum Gasteiger partial charge on any atom is -0.496 e. The summed E-state index contributed by atoms with van der Waals surface area (Å²) in [7, 11) is 2.38. The fourth-order valence-corrected chi connectivity index (χ4v) is 9.97. The van der Waals surface area contributed by atoms with E-state index in [0.29, 0.717) is 59.7 Å². The number of ether oxygens (including phenoxy) is 2. The van der Waals surface area contributed by atoms with Gasteiger partial charge in [-0.1, -0.05) is 6.07 Å². The Morgan fingerprint density at radius 3 is 2.37 bits per heavy atom. The van der Waals surface area contributed by atoms with E-state index in [1.165, 1.54) is 17.7 Å². The number of rotatable bonds is 13. The zero-order valence-electron chi connectivity index (χ0n) is 26.9. The van der Waals surface area contributed by atoms with Gasteiger partial charge in [-0.3, -0.25) is 4.79 Å². The first kappa shape index (κ1) is 33.9. The number of methoxy groups -OCH3 is 1. The van der Waals surface area contributed by atoms with Crippen LogP contribution in [-0.4, -0.2) is 77.6 Å². The van der Waals surface area contributed by atoms with E-state index >= 15 is 0 Å². The molecule has 1 aromatic carbocycles. The average Bonchev–Trinajstić information content (AvgIpc) is 3.51. The number of carbonyl (C=O) groups excluding carboxylic acids is 1. The first-order chi connectivity index (χ1) is 20.5. The van der Waals surface area contributed by atoms with E-state index in [1.807, 2.05) is 38.2 Å². The first-order valence-corrected chi connectivity index (χ1v) is 18.0. The van der Waals surface area contributed by atoms with Gasteiger partial charge in [-0.25, -0.2) is 8.42 Å². The van der Waals surface area contributed by atoms with Crippen molar-refractivity contribution in [3.05, 3.63) is 45.1 Å². The number of carbonyl (C=O) groups is 1. The van der Waals surface area contributed by atoms with E-state index in [4.69, 9.17) is 9.47 Å². The predicted octanol–water partition coefficient (Wildman–Crippen LogP) is 5.71. The maximum absolute atomic E-state index is 13.5. The van der Waals surface area contributed by atoms with Crippen LogP contribution in [0.4, 0.5) is 0 Å². The number of benzene rings is 1. The molecular formula is C33H51N3O5S2. The summed E-state index contributed by atoms with van der Waals surface area (Å²) in [5, 5.41) is 5.25. The van der Waals surface area contributed by atoms with E-state index in [9.17, 15) is 13.2 Å². The second-order valence-corrected chi connectivity index (χ2v) is 15.5. The van der Waals surface area contributed by atoms with Crippen molar-refractivity contribution in [1.29, 1.82) is 0 Å². The van der Waals surface area contributed by atoms with E-state index in [1.54, 1.807) is 11.4 Å². The maximum atomic E-state index is 13.5. The Kier molecular flexibility index (Phi) is 12.1. The zero-order valence-corrected chi connectivity index (χ0v) is 28.5. The second kappa shape index (κ2) is 15.3. The average molecular weight is 634 g/mol. The molecule has 10 heteroatoms. The first-order valence-electron chi connectivity index (χ1n) is 15.7. The van der Waals surface area contributed by atoms with Crippen molar-refractivity contribution in [3.8, 4) is 5.75 Å². The summed E-state index contributed by atoms with van der Waals surface area (Å²) in [6, 6.07) is 6.68. The van der Waals surface area contributed by atoms with Gasteiger partial charge in [0.1, 0.15) is 12.4 Å². The highest BCUT2D eigenvalue weighted by Crippen LogP contribution is 2.40. The number of hydrogen-bond donors (Lipinski definition) is 1. The molecule has 2 heterocycles. The number of nitrogens with one attached hydrogen (secondary N) is 1. The summed E-state index contributed by atoms with van der Waals surface area (Å²) in [6.45, 7) is 7.92. The number of nitrogens with zero attached hydrogens (tertiary/aromatic N) is 2. The zero-order chi connectivity index (χ0) is 31.1. The second-order valence-electron chi connectivity index (χ2n) is 12.7. The van der Waals surface area contributed by atoms with Crippen molar-refractivity contribution in [2.45, 2.75) is 76.7 Å². The standard InChI is InChI=1S/C33H51N3O5S2/c1-23-20-29(40-6)24(2)25(3)33(23)43(38,39)36-16-13-26(14-17-36)15-18-41-22-31(37)34-21-27-9-11-28(12-10-27)32(35(4)5)30-8-7-19-42-30/h7-8,19-20,26-28,32H,9-18,21-22H2,1-6H3,(H,34,37). The Labute approximate surface area is 263 Å². The summed E-state index contributed by atoms with van der Waals surface area (Å²) < 4.78 is 39.8. The molecule has 2 fully saturated rings. The van der Waals surface area contributed by atoms with Gasteiger partial charge < -0.3 is 19.7 Å². The lowest BCUT2D eigenvalue weighted by Gasteiger charge is -2.37. The molecule has 1 aromatic heterocycles. The molecule has 240 valence electrons. The van der Waals surface area contributed by atoms with Gasteiger partial charge in [0, 0.05) is 37.2 Å². The lowest BCUT2D eigenvalue weighted by Crippen LogP contribution is -2.39. The maximum Gasteiger partial charge on any atom is 0.246 e. The van der Waals surface area contributed by atoms with Gasteiger partial charge in [-0.15, -0.1) is 11.3 Å². The molecule has 0 spiro atoms. The topological polar surface area (TPSA) is 88.2 Å². The van der Waals surface area contributed by atoms with E-state index in [0.717, 1.165) is 49.8 Å². The Bertz CT molecular complexity index is 1300. The largest absolute Gasteiger partial charge is 0.496 e. The molecule has 1 saturated carbocycles. The number of thiophene rings is 1. The third-order valence-corrected chi connectivity index (χ3v) is 12.7. The Hall–Kier alpha value is -1.98. The van der Waals surface area contributed by atoms with Crippen LogP contribution in [0.15, 0.2) is 28.5 Å². The van der Waals surface area contributed by atoms with Crippen LogP contribution in [0.5, 0.6) is 5.75 Å². The van der Waals surface area contributed by atoms with Crippen LogP contribution in [0.2, 0.25) is 0 Å². The molecule has 0 bridgehead atoms. The van der Waals surface area contributed by atoms with Crippen molar-refractivity contribution in [1.82, 2.24) is 14.5 Å². The summed E-state index contributed by atoms with van der Waals surface area (Å²) in [6.07, 6.45) is 7.11. The van der Waals surface area contributed by atoms with Gasteiger partial charge in [-0.05, 0) is 132 Å². The molecule has 1 aliphatic heterocycles. The lowest BCUT2D eigenvalue weighted by molar-refractivity contribution is -0.126. The Morgan fingerprint density at radius 2 is 1.77 bits per heavy atom. The SMILES string of the molecule is COc1cc(C)c(S(=O)(=O)N2CCC(CCOCC(=O)NCC3CCC(C(c4cccs4)N(C)C)CC3)CC2)c(C)c1C. The van der Waals surface area contributed by atoms with Crippen LogP contribution in [0, 0.1) is 38.5 Å². The van der Waals surface area contributed by atoms with Crippen LogP contribution in [-0.2, 0) is 19.6 Å². The molecule has 1 atom stereocenters. The molecule has 43 heavy (non-hydrogen) atoms. The van der Waals surface area contributed by atoms with Crippen LogP contribution >= 0.6 is 11.3 Å². The van der Waals surface area contributed by atoms with E-state index in [2.05, 4.69) is 41.8 Å². The van der Waals surface area contributed by atoms with Crippen LogP contribution < -0.4 is 10.1 Å². The molecule has 4 rings (SSSR count). The van der Waals surface area contributed by atoms with Gasteiger partial charge in [0.05, 0.1) is 12.0 Å². The summed E-state index contributed by atoms with van der Waals surface area (Å²) in [4.78, 5) is 16.6. The predicted molar refractivity (Wildman–Crippen MR) is 173 cm³/mol. The summed E-state index contributed by atoms with van der Waals surface area (Å²) in [5.74, 6) is 2.25. The van der Waals surface area contributed by atoms with Crippen LogP contribution in [0.1, 0.15) is 72.6 Å². The monoisotopic (exact) mass is 633 g/mol. The highest BCUT2D eigenvalue weighted by Gasteiger charge is 2.33. The van der Waals surface area contributed by atoms with Gasteiger partial charge in [-0.2, -0.15) is 4.31 Å². The molecule has 0 radical (unpaired) electrons. The third-order valence-electron chi connectivity index (χ3n) is 9.59. The molecule has 1 unspecified atom stereocenters. The number of sulfonamides is 1. The fraction of sp³-hybridized carbons (Fsp3) is 0.667. The van der Waals surface area contributed by atoms with Crippen molar-refractivity contribution >= 4 is 27.3 Å². The number of aryl methyl sites for hydroxylation is 1. The number of hydrogen-bond acceptors (Lipinski definition) is 7. The van der Waals surface area contributed by atoms with E-state index in [-0.39, 0.29) is 12.5 Å². The lowest BCUT2D eigenvalue weighted by atomic mass is 9.77. The smallest absolute Gasteiger partial charge is 0.246 e. The van der Waals surface area contributed by atoms with Crippen molar-refractivity contribution in [3.63, 3.8) is 0 Å². The van der Waals surface area contributed by atoms with Crippen molar-refractivity contribution < 1.29 is 22.7 Å². The fourth-order valence-electron chi connectivity index (χ4n) is 7.00. The van der Waals surface area contributed by atoms with Gasteiger partial charge >= 0.3 is 0 Å². The van der Waals surface area contributed by atoms with Gasteiger partial charge in [0.2, 0.25) is 15.9 Å². The number of piperidine rings is 1. The molecule has 1 aliphatic carbocycles. The number of amides is 1. The molecule has 2 aromatic rings. The van der Waals surface area contributed by atoms with Crippen molar-refractivity contribution in [2.75, 3.05) is 54.1 Å². The quantitative estimate of drug-likeness (QED) is 0.284. The van der Waals surface area contributed by atoms with Crippen molar-refractivity contribution in [2.24, 2.45) is 17.8 Å². The van der Waals surface area contributed by atoms with E-state index < -0.39 is 10.0 Å². The molecule has 2 aliphatic rings. The summed E-state index contributed by atoms with van der Waals surface area (Å²) in [5.41, 5.74) is 2.33. The van der Waals surface area contributed by atoms with Gasteiger partial charge in [0.25, 0.3) is 0 Å². The normalized spacial score (nSPS) is 21.2. The summed E-state index contributed by atoms with van der Waals surface area (Å²) >= 11 is 1.85. The molecule has 1 amide bonds. The highest BCUT2D eigenvalue weighted by molar-refractivity contribution is 7.89. The minimum absolute atomic E-state index is 0.0479. The highest BCUT2D eigenvalue weighted by atomic mass is 32.2. The molecule has 1 saturated heterocycles. The molecule has 1 N–H and O–H groups in total. The van der Waals surface area contributed by atoms with Gasteiger partial charge in [0.15, 0.2) is 0 Å². The third kappa shape index (κ3) is 8.39. The molecule has 8 nitrogen and oxygen atoms in total. The Balaban J connectivity index is 1.12. The Morgan fingerprint density at radius 1 is 1.07 bits per heavy atom. The minimum atomic E-state index is -3.58. The van der Waals surface area contributed by atoms with Crippen LogP contribution in [0.25, 0.3) is 0 Å². The molecular weight excluding hydrogens is 583 g/mol. The van der Waals surface area contributed by atoms with Crippen LogP contribution in [0.3, 0.4) is 0 Å².